The molecule has 1 rings (SSSR count). The molecule has 0 fully saturated rings. The Labute approximate surface area is 123 Å². The molecule has 0 bridgehead atoms. The van der Waals surface area contributed by atoms with Gasteiger partial charge in [-0.05, 0) is 23.8 Å². The summed E-state index contributed by atoms with van der Waals surface area (Å²) in [5.41, 5.74) is 13.3. The van der Waals surface area contributed by atoms with E-state index in [2.05, 4.69) is 21.3 Å². The topological polar surface area (TPSA) is 134 Å². The molecule has 8 N–H and O–H groups in total. The summed E-state index contributed by atoms with van der Waals surface area (Å²) in [6.07, 6.45) is 0. The summed E-state index contributed by atoms with van der Waals surface area (Å²) in [5, 5.41) is 10.3. The lowest BCUT2D eigenvalue weighted by atomic mass is 9.98. The van der Waals surface area contributed by atoms with Crippen molar-refractivity contribution in [1.82, 2.24) is 10.6 Å². The summed E-state index contributed by atoms with van der Waals surface area (Å²) in [4.78, 5) is 22.8. The highest BCUT2D eigenvalue weighted by Crippen LogP contribution is 2.24. The fourth-order valence-electron chi connectivity index (χ4n) is 1.79. The highest BCUT2D eigenvalue weighted by atomic mass is 16.2. The second-order valence-electron chi connectivity index (χ2n) is 4.42. The molecule has 0 aromatic heterocycles. The van der Waals surface area contributed by atoms with E-state index in [1.165, 1.54) is 14.1 Å². The molecule has 0 unspecified atom stereocenters. The normalized spacial score (nSPS) is 10.1. The van der Waals surface area contributed by atoms with Gasteiger partial charge in [-0.15, -0.1) is 0 Å². The molecule has 1 aromatic carbocycles. The number of urea groups is 2. The van der Waals surface area contributed by atoms with Gasteiger partial charge in [0.15, 0.2) is 0 Å². The number of nitrogens with two attached hydrogens (primary N) is 2. The van der Waals surface area contributed by atoms with E-state index in [1.807, 2.05) is 0 Å². The first kappa shape index (κ1) is 16.7. The van der Waals surface area contributed by atoms with Crippen LogP contribution < -0.4 is 32.7 Å². The zero-order valence-electron chi connectivity index (χ0n) is 12.2. The SMILES string of the molecule is CNC(=O)Nc1cc(NC(=O)NC)cc(C(CN)CN)c1. The number of rotatable bonds is 5. The number of nitrogens with one attached hydrogen (secondary N) is 4. The third-order valence-electron chi connectivity index (χ3n) is 2.97. The lowest BCUT2D eigenvalue weighted by Gasteiger charge is -2.17. The Balaban J connectivity index is 3.11. The molecule has 0 saturated heterocycles. The van der Waals surface area contributed by atoms with Gasteiger partial charge in [-0.25, -0.2) is 9.59 Å². The summed E-state index contributed by atoms with van der Waals surface area (Å²) in [6.45, 7) is 0.749. The number of amides is 4. The molecule has 0 saturated carbocycles. The minimum absolute atomic E-state index is 0.0540. The predicted molar refractivity (Wildman–Crippen MR) is 83.4 cm³/mol. The first-order valence-corrected chi connectivity index (χ1v) is 6.56. The molecule has 0 aliphatic carbocycles. The van der Waals surface area contributed by atoms with Gasteiger partial charge in [0.1, 0.15) is 0 Å². The maximum atomic E-state index is 11.4. The van der Waals surface area contributed by atoms with Crippen molar-refractivity contribution in [3.63, 3.8) is 0 Å². The molecule has 0 spiro atoms. The van der Waals surface area contributed by atoms with Gasteiger partial charge in [-0.2, -0.15) is 0 Å². The van der Waals surface area contributed by atoms with E-state index in [4.69, 9.17) is 11.5 Å². The van der Waals surface area contributed by atoms with Crippen LogP contribution in [-0.4, -0.2) is 39.2 Å². The lowest BCUT2D eigenvalue weighted by molar-refractivity contribution is 0.253. The molecule has 116 valence electrons. The van der Waals surface area contributed by atoms with Crippen LogP contribution in [0.15, 0.2) is 18.2 Å². The molecule has 0 heterocycles. The van der Waals surface area contributed by atoms with E-state index in [0.717, 1.165) is 5.56 Å². The maximum Gasteiger partial charge on any atom is 0.318 e. The van der Waals surface area contributed by atoms with Gasteiger partial charge in [-0.1, -0.05) is 0 Å². The molecule has 21 heavy (non-hydrogen) atoms. The van der Waals surface area contributed by atoms with Crippen LogP contribution in [0.2, 0.25) is 0 Å². The Morgan fingerprint density at radius 1 is 0.952 bits per heavy atom. The number of anilines is 2. The van der Waals surface area contributed by atoms with Crippen molar-refractivity contribution in [2.24, 2.45) is 11.5 Å². The summed E-state index contributed by atoms with van der Waals surface area (Å²) in [5.74, 6) is -0.0540. The van der Waals surface area contributed by atoms with Gasteiger partial charge >= 0.3 is 12.1 Å². The summed E-state index contributed by atoms with van der Waals surface area (Å²) < 4.78 is 0. The highest BCUT2D eigenvalue weighted by molar-refractivity contribution is 5.92. The van der Waals surface area contributed by atoms with Crippen LogP contribution in [0.3, 0.4) is 0 Å². The Morgan fingerprint density at radius 3 is 1.71 bits per heavy atom. The molecule has 0 radical (unpaired) electrons. The smallest absolute Gasteiger partial charge is 0.318 e. The zero-order chi connectivity index (χ0) is 15.8. The van der Waals surface area contributed by atoms with E-state index in [1.54, 1.807) is 18.2 Å². The van der Waals surface area contributed by atoms with E-state index >= 15 is 0 Å². The minimum Gasteiger partial charge on any atom is -0.341 e. The number of benzene rings is 1. The van der Waals surface area contributed by atoms with Crippen molar-refractivity contribution in [3.8, 4) is 0 Å². The lowest BCUT2D eigenvalue weighted by Crippen LogP contribution is -2.27. The average Bonchev–Trinajstić information content (AvgIpc) is 2.48. The van der Waals surface area contributed by atoms with Crippen LogP contribution >= 0.6 is 0 Å². The molecular formula is C13H22N6O2. The van der Waals surface area contributed by atoms with Crippen molar-refractivity contribution in [3.05, 3.63) is 23.8 Å². The third kappa shape index (κ3) is 4.93. The van der Waals surface area contributed by atoms with Crippen LogP contribution in [0.4, 0.5) is 21.0 Å². The number of carbonyl (C=O) groups excluding carboxylic acids is 2. The van der Waals surface area contributed by atoms with Crippen molar-refractivity contribution in [2.45, 2.75) is 5.92 Å². The average molecular weight is 294 g/mol. The van der Waals surface area contributed by atoms with Crippen molar-refractivity contribution < 1.29 is 9.59 Å². The van der Waals surface area contributed by atoms with E-state index in [-0.39, 0.29) is 18.0 Å². The van der Waals surface area contributed by atoms with E-state index in [0.29, 0.717) is 24.5 Å². The molecular weight excluding hydrogens is 272 g/mol. The molecule has 8 heteroatoms. The molecule has 4 amide bonds. The van der Waals surface area contributed by atoms with Crippen LogP contribution in [0.25, 0.3) is 0 Å². The quantitative estimate of drug-likeness (QED) is 0.462. The van der Waals surface area contributed by atoms with Gasteiger partial charge in [0.2, 0.25) is 0 Å². The van der Waals surface area contributed by atoms with Crippen molar-refractivity contribution in [1.29, 1.82) is 0 Å². The van der Waals surface area contributed by atoms with E-state index < -0.39 is 0 Å². The van der Waals surface area contributed by atoms with Crippen molar-refractivity contribution >= 4 is 23.4 Å². The Kier molecular flexibility index (Phi) is 6.44. The van der Waals surface area contributed by atoms with Crippen molar-refractivity contribution in [2.75, 3.05) is 37.8 Å². The predicted octanol–water partition coefficient (Wildman–Crippen LogP) is 0.190. The van der Waals surface area contributed by atoms with Crippen LogP contribution in [0.1, 0.15) is 11.5 Å². The van der Waals surface area contributed by atoms with Crippen LogP contribution in [0, 0.1) is 0 Å². The van der Waals surface area contributed by atoms with Crippen LogP contribution in [0.5, 0.6) is 0 Å². The fraction of sp³-hybridized carbons (Fsp3) is 0.385. The Bertz CT molecular complexity index is 465. The van der Waals surface area contributed by atoms with Gasteiger partial charge in [0.25, 0.3) is 0 Å². The number of hydrogen-bond donors (Lipinski definition) is 6. The minimum atomic E-state index is -0.352. The summed E-state index contributed by atoms with van der Waals surface area (Å²) in [6, 6.07) is 4.52. The van der Waals surface area contributed by atoms with Gasteiger partial charge in [0, 0.05) is 44.5 Å². The fourth-order valence-corrected chi connectivity index (χ4v) is 1.79. The number of hydrogen-bond acceptors (Lipinski definition) is 4. The zero-order valence-corrected chi connectivity index (χ0v) is 12.2. The second-order valence-corrected chi connectivity index (χ2v) is 4.42. The van der Waals surface area contributed by atoms with Crippen LogP contribution in [-0.2, 0) is 0 Å². The van der Waals surface area contributed by atoms with Gasteiger partial charge in [-0.3, -0.25) is 0 Å². The Hall–Kier alpha value is -2.32. The molecule has 0 atom stereocenters. The molecule has 0 aliphatic rings. The Morgan fingerprint density at radius 2 is 1.38 bits per heavy atom. The summed E-state index contributed by atoms with van der Waals surface area (Å²) >= 11 is 0. The maximum absolute atomic E-state index is 11.4. The monoisotopic (exact) mass is 294 g/mol. The molecule has 8 nitrogen and oxygen atoms in total. The largest absolute Gasteiger partial charge is 0.341 e. The first-order valence-electron chi connectivity index (χ1n) is 6.56. The summed E-state index contributed by atoms with van der Waals surface area (Å²) in [7, 11) is 3.04. The van der Waals surface area contributed by atoms with Gasteiger partial charge < -0.3 is 32.7 Å². The van der Waals surface area contributed by atoms with E-state index in [9.17, 15) is 9.59 Å². The molecule has 0 aliphatic heterocycles. The third-order valence-corrected chi connectivity index (χ3v) is 2.97. The van der Waals surface area contributed by atoms with Gasteiger partial charge in [0.05, 0.1) is 0 Å². The standard InChI is InChI=1S/C13H22N6O2/c1-16-12(20)18-10-3-8(9(6-14)7-15)4-11(5-10)19-13(21)17-2/h3-5,9H,6-7,14-15H2,1-2H3,(H2,16,18,20)(H2,17,19,21). The first-order chi connectivity index (χ1) is 10.0. The second kappa shape index (κ2) is 8.08. The number of carbonyl (C=O) groups is 2. The highest BCUT2D eigenvalue weighted by Gasteiger charge is 2.12. The molecule has 1 aromatic rings.